The van der Waals surface area contributed by atoms with Gasteiger partial charge in [0, 0.05) is 6.07 Å². The Bertz CT molecular complexity index is 354. The Morgan fingerprint density at radius 3 is 2.77 bits per heavy atom. The second-order valence-corrected chi connectivity index (χ2v) is 2.44. The van der Waals surface area contributed by atoms with Gasteiger partial charge < -0.3 is 4.84 Å². The summed E-state index contributed by atoms with van der Waals surface area (Å²) in [5, 5.41) is 12.5. The first-order valence-corrected chi connectivity index (χ1v) is 3.46. The van der Waals surface area contributed by atoms with E-state index in [2.05, 4.69) is 10.2 Å². The SMILES string of the molecule is O=NOc1cc([N+](=O)[O-])ccc1Cl. The molecule has 0 aliphatic heterocycles. The van der Waals surface area contributed by atoms with Crippen molar-refractivity contribution >= 4 is 17.3 Å². The van der Waals surface area contributed by atoms with Crippen molar-refractivity contribution in [3.63, 3.8) is 0 Å². The van der Waals surface area contributed by atoms with Gasteiger partial charge in [0.05, 0.1) is 16.0 Å². The Kier molecular flexibility index (Phi) is 2.76. The molecule has 0 unspecified atom stereocenters. The minimum Gasteiger partial charge on any atom is -0.322 e. The molecular weight excluding hydrogens is 200 g/mol. The molecule has 0 bridgehead atoms. The number of halogens is 1. The third-order valence-electron chi connectivity index (χ3n) is 1.26. The van der Waals surface area contributed by atoms with Crippen molar-refractivity contribution in [2.24, 2.45) is 5.34 Å². The lowest BCUT2D eigenvalue weighted by molar-refractivity contribution is -0.384. The van der Waals surface area contributed by atoms with Crippen LogP contribution < -0.4 is 4.84 Å². The van der Waals surface area contributed by atoms with Crippen LogP contribution in [0.4, 0.5) is 5.69 Å². The summed E-state index contributed by atoms with van der Waals surface area (Å²) < 4.78 is 0. The third-order valence-corrected chi connectivity index (χ3v) is 1.57. The van der Waals surface area contributed by atoms with Gasteiger partial charge in [-0.2, -0.15) is 0 Å². The third kappa shape index (κ3) is 2.12. The Morgan fingerprint density at radius 2 is 2.23 bits per heavy atom. The van der Waals surface area contributed by atoms with Gasteiger partial charge in [0.15, 0.2) is 11.1 Å². The maximum atomic E-state index is 10.3. The molecule has 0 saturated carbocycles. The first-order chi connectivity index (χ1) is 6.15. The number of nitro groups is 1. The molecule has 6 nitrogen and oxygen atoms in total. The Hall–Kier alpha value is -1.69. The topological polar surface area (TPSA) is 81.8 Å². The molecule has 0 saturated heterocycles. The van der Waals surface area contributed by atoms with Gasteiger partial charge in [0.25, 0.3) is 5.69 Å². The molecule has 0 atom stereocenters. The molecule has 68 valence electrons. The van der Waals surface area contributed by atoms with E-state index in [1.807, 2.05) is 0 Å². The van der Waals surface area contributed by atoms with E-state index in [0.29, 0.717) is 0 Å². The molecule has 0 spiro atoms. The van der Waals surface area contributed by atoms with Gasteiger partial charge in [-0.15, -0.1) is 4.91 Å². The van der Waals surface area contributed by atoms with Crippen LogP contribution in [0.5, 0.6) is 5.75 Å². The van der Waals surface area contributed by atoms with E-state index < -0.39 is 4.92 Å². The van der Waals surface area contributed by atoms with Gasteiger partial charge in [0.1, 0.15) is 0 Å². The zero-order valence-electron chi connectivity index (χ0n) is 6.14. The molecule has 0 aromatic heterocycles. The summed E-state index contributed by atoms with van der Waals surface area (Å²) in [7, 11) is 0. The van der Waals surface area contributed by atoms with Crippen molar-refractivity contribution in [1.29, 1.82) is 0 Å². The highest BCUT2D eigenvalue weighted by Crippen LogP contribution is 2.28. The zero-order valence-corrected chi connectivity index (χ0v) is 6.89. The van der Waals surface area contributed by atoms with Crippen LogP contribution in [0.2, 0.25) is 5.02 Å². The molecule has 0 heterocycles. The van der Waals surface area contributed by atoms with Crippen molar-refractivity contribution in [3.05, 3.63) is 38.2 Å². The normalized spacial score (nSPS) is 9.31. The molecule has 1 rings (SSSR count). The van der Waals surface area contributed by atoms with Crippen molar-refractivity contribution in [2.75, 3.05) is 0 Å². The van der Waals surface area contributed by atoms with Crippen LogP contribution in [-0.2, 0) is 0 Å². The Balaban J connectivity index is 3.10. The zero-order chi connectivity index (χ0) is 9.84. The van der Waals surface area contributed by atoms with Crippen LogP contribution in [0.25, 0.3) is 0 Å². The molecule has 1 aromatic rings. The second kappa shape index (κ2) is 3.81. The highest BCUT2D eigenvalue weighted by molar-refractivity contribution is 6.32. The molecule has 13 heavy (non-hydrogen) atoms. The van der Waals surface area contributed by atoms with Gasteiger partial charge in [0.2, 0.25) is 0 Å². The van der Waals surface area contributed by atoms with E-state index in [-0.39, 0.29) is 16.5 Å². The molecular formula is C6H3ClN2O4. The minimum absolute atomic E-state index is 0.0881. The molecule has 0 fully saturated rings. The van der Waals surface area contributed by atoms with Crippen LogP contribution in [-0.4, -0.2) is 4.92 Å². The van der Waals surface area contributed by atoms with Gasteiger partial charge in [-0.25, -0.2) is 0 Å². The molecule has 0 radical (unpaired) electrons. The second-order valence-electron chi connectivity index (χ2n) is 2.04. The first kappa shape index (κ1) is 9.40. The number of hydrogen-bond acceptors (Lipinski definition) is 5. The van der Waals surface area contributed by atoms with E-state index in [0.717, 1.165) is 6.07 Å². The highest BCUT2D eigenvalue weighted by atomic mass is 35.5. The monoisotopic (exact) mass is 202 g/mol. The summed E-state index contributed by atoms with van der Waals surface area (Å²) in [5.41, 5.74) is -0.219. The number of non-ortho nitro benzene ring substituents is 1. The fourth-order valence-corrected chi connectivity index (χ4v) is 0.868. The van der Waals surface area contributed by atoms with Gasteiger partial charge in [-0.1, -0.05) is 11.6 Å². The molecule has 7 heteroatoms. The Morgan fingerprint density at radius 1 is 1.54 bits per heavy atom. The van der Waals surface area contributed by atoms with Crippen molar-refractivity contribution in [3.8, 4) is 5.75 Å². The van der Waals surface area contributed by atoms with Gasteiger partial charge >= 0.3 is 0 Å². The number of benzene rings is 1. The molecule has 1 aromatic carbocycles. The van der Waals surface area contributed by atoms with E-state index in [1.54, 1.807) is 0 Å². The predicted octanol–water partition coefficient (Wildman–Crippen LogP) is 2.31. The summed E-state index contributed by atoms with van der Waals surface area (Å²) in [6, 6.07) is 3.46. The lowest BCUT2D eigenvalue weighted by atomic mass is 10.3. The van der Waals surface area contributed by atoms with Crippen LogP contribution in [0, 0.1) is 15.0 Å². The summed E-state index contributed by atoms with van der Waals surface area (Å²) in [5.74, 6) is -0.133. The average Bonchev–Trinajstić information content (AvgIpc) is 2.08. The number of rotatable bonds is 3. The van der Waals surface area contributed by atoms with Gasteiger partial charge in [-0.3, -0.25) is 10.1 Å². The lowest BCUT2D eigenvalue weighted by Gasteiger charge is -1.97. The van der Waals surface area contributed by atoms with Crippen LogP contribution in [0.15, 0.2) is 23.5 Å². The molecule has 0 N–H and O–H groups in total. The summed E-state index contributed by atoms with van der Waals surface area (Å²) in [6.45, 7) is 0. The predicted molar refractivity (Wildman–Crippen MR) is 44.5 cm³/mol. The smallest absolute Gasteiger partial charge is 0.273 e. The van der Waals surface area contributed by atoms with E-state index in [9.17, 15) is 15.0 Å². The van der Waals surface area contributed by atoms with E-state index in [4.69, 9.17) is 11.6 Å². The van der Waals surface area contributed by atoms with Crippen LogP contribution >= 0.6 is 11.6 Å². The fraction of sp³-hybridized carbons (Fsp3) is 0. The van der Waals surface area contributed by atoms with Crippen molar-refractivity contribution < 1.29 is 9.76 Å². The van der Waals surface area contributed by atoms with E-state index >= 15 is 0 Å². The summed E-state index contributed by atoms with van der Waals surface area (Å²) in [6.07, 6.45) is 0. The Labute approximate surface area is 77.1 Å². The largest absolute Gasteiger partial charge is 0.322 e. The molecule has 0 aliphatic carbocycles. The lowest BCUT2D eigenvalue weighted by Crippen LogP contribution is -1.89. The van der Waals surface area contributed by atoms with E-state index in [1.165, 1.54) is 12.1 Å². The first-order valence-electron chi connectivity index (χ1n) is 3.09. The summed E-state index contributed by atoms with van der Waals surface area (Å²) >= 11 is 5.53. The summed E-state index contributed by atoms with van der Waals surface area (Å²) in [4.78, 5) is 23.5. The standard InChI is InChI=1S/C6H3ClN2O4/c7-5-2-1-4(9(11)12)3-6(5)13-8-10/h1-3H. The minimum atomic E-state index is -0.631. The molecule has 0 amide bonds. The molecule has 0 aliphatic rings. The maximum Gasteiger partial charge on any atom is 0.273 e. The van der Waals surface area contributed by atoms with Crippen molar-refractivity contribution in [1.82, 2.24) is 0 Å². The van der Waals surface area contributed by atoms with Crippen LogP contribution in [0.3, 0.4) is 0 Å². The number of nitrogens with zero attached hydrogens (tertiary/aromatic N) is 2. The van der Waals surface area contributed by atoms with Crippen LogP contribution in [0.1, 0.15) is 0 Å². The quantitative estimate of drug-likeness (QED) is 0.428. The average molecular weight is 203 g/mol. The number of hydrogen-bond donors (Lipinski definition) is 0. The van der Waals surface area contributed by atoms with Crippen molar-refractivity contribution in [2.45, 2.75) is 0 Å². The number of nitro benzene ring substituents is 1. The maximum absolute atomic E-state index is 10.3. The fourth-order valence-electron chi connectivity index (χ4n) is 0.716. The van der Waals surface area contributed by atoms with Gasteiger partial charge in [-0.05, 0) is 6.07 Å². The highest BCUT2D eigenvalue weighted by Gasteiger charge is 2.10.